The summed E-state index contributed by atoms with van der Waals surface area (Å²) in [4.78, 5) is 27.6. The Balaban J connectivity index is 1.73. The Morgan fingerprint density at radius 2 is 2.14 bits per heavy atom. The average molecular weight is 290 g/mol. The van der Waals surface area contributed by atoms with Gasteiger partial charge in [0.25, 0.3) is 5.91 Å². The Kier molecular flexibility index (Phi) is 5.14. The second kappa shape index (κ2) is 7.06. The molecule has 6 heteroatoms. The van der Waals surface area contributed by atoms with Gasteiger partial charge in [0.1, 0.15) is 5.82 Å². The molecule has 0 aliphatic heterocycles. The first-order valence-corrected chi connectivity index (χ1v) is 7.42. The molecule has 0 radical (unpaired) electrons. The lowest BCUT2D eigenvalue weighted by Crippen LogP contribution is -2.28. The molecule has 1 heterocycles. The van der Waals surface area contributed by atoms with E-state index in [4.69, 9.17) is 5.73 Å². The third-order valence-corrected chi connectivity index (χ3v) is 3.33. The fraction of sp³-hybridized carbons (Fsp3) is 0.533. The Labute approximate surface area is 124 Å². The highest BCUT2D eigenvalue weighted by Gasteiger charge is 2.22. The molecule has 1 aromatic rings. The van der Waals surface area contributed by atoms with Gasteiger partial charge in [0.05, 0.1) is 0 Å². The zero-order valence-electron chi connectivity index (χ0n) is 12.3. The highest BCUT2D eigenvalue weighted by molar-refractivity contribution is 5.94. The molecule has 4 N–H and O–H groups in total. The molecule has 1 aliphatic carbocycles. The SMILES string of the molecule is CCc1cc(C(=O)NCCCC(=O)NC2CC2)cc(N)n1. The number of rotatable bonds is 7. The standard InChI is InChI=1S/C15H22N4O2/c1-2-11-8-10(9-13(16)18-11)15(21)17-7-3-4-14(20)19-12-5-6-12/h8-9,12H,2-7H2,1H3,(H2,16,18)(H,17,21)(H,19,20). The molecule has 0 saturated heterocycles. The van der Waals surface area contributed by atoms with Crippen LogP contribution in [0, 0.1) is 0 Å². The van der Waals surface area contributed by atoms with Crippen molar-refractivity contribution >= 4 is 17.6 Å². The van der Waals surface area contributed by atoms with Gasteiger partial charge in [-0.15, -0.1) is 0 Å². The van der Waals surface area contributed by atoms with Crippen LogP contribution in [0.2, 0.25) is 0 Å². The quantitative estimate of drug-likeness (QED) is 0.653. The third kappa shape index (κ3) is 5.06. The smallest absolute Gasteiger partial charge is 0.251 e. The van der Waals surface area contributed by atoms with Gasteiger partial charge < -0.3 is 16.4 Å². The van der Waals surface area contributed by atoms with E-state index in [2.05, 4.69) is 15.6 Å². The predicted octanol–water partition coefficient (Wildman–Crippen LogP) is 1.01. The number of nitrogen functional groups attached to an aromatic ring is 1. The number of aryl methyl sites for hydroxylation is 1. The first kappa shape index (κ1) is 15.3. The molecule has 0 atom stereocenters. The average Bonchev–Trinajstić information content (AvgIpc) is 3.26. The number of nitrogens with zero attached hydrogens (tertiary/aromatic N) is 1. The molecule has 1 saturated carbocycles. The monoisotopic (exact) mass is 290 g/mol. The molecule has 0 bridgehead atoms. The van der Waals surface area contributed by atoms with Gasteiger partial charge in [-0.1, -0.05) is 6.92 Å². The Hall–Kier alpha value is -2.11. The minimum Gasteiger partial charge on any atom is -0.384 e. The molecule has 1 aromatic heterocycles. The molecule has 2 rings (SSSR count). The van der Waals surface area contributed by atoms with Crippen molar-refractivity contribution in [2.24, 2.45) is 0 Å². The van der Waals surface area contributed by atoms with E-state index in [9.17, 15) is 9.59 Å². The second-order valence-electron chi connectivity index (χ2n) is 5.33. The summed E-state index contributed by atoms with van der Waals surface area (Å²) in [5.74, 6) is 0.234. The number of hydrogen-bond donors (Lipinski definition) is 3. The number of amides is 2. The Morgan fingerprint density at radius 3 is 2.81 bits per heavy atom. The fourth-order valence-corrected chi connectivity index (χ4v) is 2.00. The van der Waals surface area contributed by atoms with Gasteiger partial charge >= 0.3 is 0 Å². The maximum Gasteiger partial charge on any atom is 0.251 e. The van der Waals surface area contributed by atoms with E-state index < -0.39 is 0 Å². The van der Waals surface area contributed by atoms with E-state index >= 15 is 0 Å². The minimum absolute atomic E-state index is 0.0631. The number of carbonyl (C=O) groups excluding carboxylic acids is 2. The molecule has 1 aliphatic rings. The van der Waals surface area contributed by atoms with Crippen molar-refractivity contribution in [2.45, 2.75) is 45.1 Å². The van der Waals surface area contributed by atoms with Crippen molar-refractivity contribution < 1.29 is 9.59 Å². The second-order valence-corrected chi connectivity index (χ2v) is 5.33. The lowest BCUT2D eigenvalue weighted by molar-refractivity contribution is -0.121. The molecule has 0 unspecified atom stereocenters. The van der Waals surface area contributed by atoms with Crippen LogP contribution in [0.3, 0.4) is 0 Å². The van der Waals surface area contributed by atoms with Crippen LogP contribution < -0.4 is 16.4 Å². The summed E-state index contributed by atoms with van der Waals surface area (Å²) in [5.41, 5.74) is 6.99. The summed E-state index contributed by atoms with van der Waals surface area (Å²) in [6.07, 6.45) is 3.98. The molecular formula is C15H22N4O2. The number of aromatic nitrogens is 1. The van der Waals surface area contributed by atoms with E-state index in [-0.39, 0.29) is 11.8 Å². The van der Waals surface area contributed by atoms with Crippen molar-refractivity contribution in [3.05, 3.63) is 23.4 Å². The normalized spacial score (nSPS) is 13.8. The zero-order valence-corrected chi connectivity index (χ0v) is 12.3. The van der Waals surface area contributed by atoms with E-state index in [1.54, 1.807) is 12.1 Å². The first-order valence-electron chi connectivity index (χ1n) is 7.42. The highest BCUT2D eigenvalue weighted by atomic mass is 16.2. The zero-order chi connectivity index (χ0) is 15.2. The van der Waals surface area contributed by atoms with Gasteiger partial charge in [0.2, 0.25) is 5.91 Å². The van der Waals surface area contributed by atoms with Crippen molar-refractivity contribution in [1.29, 1.82) is 0 Å². The number of anilines is 1. The van der Waals surface area contributed by atoms with Crippen LogP contribution in [0.4, 0.5) is 5.82 Å². The molecule has 0 spiro atoms. The molecule has 21 heavy (non-hydrogen) atoms. The molecule has 2 amide bonds. The largest absolute Gasteiger partial charge is 0.384 e. The number of pyridine rings is 1. The summed E-state index contributed by atoms with van der Waals surface area (Å²) in [5, 5.41) is 5.72. The van der Waals surface area contributed by atoms with E-state index in [0.29, 0.717) is 36.8 Å². The molecule has 6 nitrogen and oxygen atoms in total. The van der Waals surface area contributed by atoms with E-state index in [1.807, 2.05) is 6.92 Å². The first-order chi connectivity index (χ1) is 10.1. The molecule has 114 valence electrons. The van der Waals surface area contributed by atoms with Gasteiger partial charge in [0, 0.05) is 30.3 Å². The number of nitrogens with one attached hydrogen (secondary N) is 2. The summed E-state index contributed by atoms with van der Waals surface area (Å²) in [6.45, 7) is 2.43. The third-order valence-electron chi connectivity index (χ3n) is 3.33. The van der Waals surface area contributed by atoms with Crippen molar-refractivity contribution in [3.63, 3.8) is 0 Å². The van der Waals surface area contributed by atoms with Crippen LogP contribution in [-0.4, -0.2) is 29.4 Å². The van der Waals surface area contributed by atoms with E-state index in [1.165, 1.54) is 0 Å². The van der Waals surface area contributed by atoms with Crippen LogP contribution in [0.5, 0.6) is 0 Å². The summed E-state index contributed by atoms with van der Waals surface area (Å²) >= 11 is 0. The van der Waals surface area contributed by atoms with Crippen LogP contribution in [0.1, 0.15) is 48.7 Å². The van der Waals surface area contributed by atoms with Crippen LogP contribution in [0.25, 0.3) is 0 Å². The van der Waals surface area contributed by atoms with Gasteiger partial charge in [-0.2, -0.15) is 0 Å². The number of hydrogen-bond acceptors (Lipinski definition) is 4. The summed E-state index contributed by atoms with van der Waals surface area (Å²) < 4.78 is 0. The maximum absolute atomic E-state index is 12.0. The lowest BCUT2D eigenvalue weighted by Gasteiger charge is -2.07. The molecule has 0 aromatic carbocycles. The fourth-order valence-electron chi connectivity index (χ4n) is 2.00. The lowest BCUT2D eigenvalue weighted by atomic mass is 10.2. The van der Waals surface area contributed by atoms with Crippen LogP contribution >= 0.6 is 0 Å². The number of carbonyl (C=O) groups is 2. The van der Waals surface area contributed by atoms with Crippen LogP contribution in [0.15, 0.2) is 12.1 Å². The predicted molar refractivity (Wildman–Crippen MR) is 80.8 cm³/mol. The van der Waals surface area contributed by atoms with Gasteiger partial charge in [-0.3, -0.25) is 9.59 Å². The van der Waals surface area contributed by atoms with Crippen molar-refractivity contribution in [2.75, 3.05) is 12.3 Å². The van der Waals surface area contributed by atoms with Crippen molar-refractivity contribution in [3.8, 4) is 0 Å². The van der Waals surface area contributed by atoms with Gasteiger partial charge in [-0.25, -0.2) is 4.98 Å². The van der Waals surface area contributed by atoms with E-state index in [0.717, 1.165) is 25.0 Å². The number of nitrogens with two attached hydrogens (primary N) is 1. The highest BCUT2D eigenvalue weighted by Crippen LogP contribution is 2.18. The molecule has 1 fully saturated rings. The Bertz CT molecular complexity index is 526. The van der Waals surface area contributed by atoms with Crippen molar-refractivity contribution in [1.82, 2.24) is 15.6 Å². The van der Waals surface area contributed by atoms with Gasteiger partial charge in [0.15, 0.2) is 0 Å². The van der Waals surface area contributed by atoms with Gasteiger partial charge in [-0.05, 0) is 37.8 Å². The maximum atomic E-state index is 12.0. The van der Waals surface area contributed by atoms with Crippen LogP contribution in [-0.2, 0) is 11.2 Å². The summed E-state index contributed by atoms with van der Waals surface area (Å²) in [7, 11) is 0. The molecular weight excluding hydrogens is 268 g/mol. The Morgan fingerprint density at radius 1 is 1.38 bits per heavy atom. The topological polar surface area (TPSA) is 97.1 Å². The summed E-state index contributed by atoms with van der Waals surface area (Å²) in [6, 6.07) is 3.69. The minimum atomic E-state index is -0.179.